The molecule has 0 aliphatic rings. The molecule has 0 saturated carbocycles. The molecule has 2 N–H and O–H groups in total. The summed E-state index contributed by atoms with van der Waals surface area (Å²) in [7, 11) is 2.90. The standard InChI is InChI=1S/C19H24N4O6/c1-19(2,3)29-18(24)20-11-12-6-8-15(27-4)13(10-12)21-17-14(23(25)26)7-9-16(22-17)28-5/h6-10H,11H2,1-5H3,(H,20,24)(H,21,22). The first-order valence-corrected chi connectivity index (χ1v) is 8.73. The van der Waals surface area contributed by atoms with E-state index in [1.165, 1.54) is 26.4 Å². The summed E-state index contributed by atoms with van der Waals surface area (Å²) in [5.41, 5.74) is 0.350. The first-order chi connectivity index (χ1) is 13.6. The molecule has 10 nitrogen and oxygen atoms in total. The minimum atomic E-state index is -0.603. The van der Waals surface area contributed by atoms with Gasteiger partial charge >= 0.3 is 11.8 Å². The average molecular weight is 404 g/mol. The molecular formula is C19H24N4O6. The van der Waals surface area contributed by atoms with E-state index in [9.17, 15) is 14.9 Å². The Bertz CT molecular complexity index is 895. The van der Waals surface area contributed by atoms with Gasteiger partial charge < -0.3 is 24.8 Å². The van der Waals surface area contributed by atoms with Crippen LogP contribution in [0.4, 0.5) is 22.0 Å². The van der Waals surface area contributed by atoms with Crippen LogP contribution >= 0.6 is 0 Å². The summed E-state index contributed by atoms with van der Waals surface area (Å²) in [5, 5.41) is 16.9. The SMILES string of the molecule is COc1ccc([N+](=O)[O-])c(Nc2cc(CNC(=O)OC(C)(C)C)ccc2OC)n1. The zero-order valence-corrected chi connectivity index (χ0v) is 16.9. The Kier molecular flexibility index (Phi) is 6.81. The Morgan fingerprint density at radius 1 is 1.17 bits per heavy atom. The quantitative estimate of drug-likeness (QED) is 0.528. The Morgan fingerprint density at radius 2 is 1.90 bits per heavy atom. The summed E-state index contributed by atoms with van der Waals surface area (Å²) in [6.07, 6.45) is -0.548. The molecule has 0 atom stereocenters. The molecule has 2 rings (SSSR count). The number of benzene rings is 1. The van der Waals surface area contributed by atoms with Crippen LogP contribution in [0.1, 0.15) is 26.3 Å². The van der Waals surface area contributed by atoms with Crippen molar-refractivity contribution in [3.63, 3.8) is 0 Å². The number of nitrogens with zero attached hydrogens (tertiary/aromatic N) is 2. The lowest BCUT2D eigenvalue weighted by Crippen LogP contribution is -2.32. The van der Waals surface area contributed by atoms with Crippen LogP contribution in [0.5, 0.6) is 11.6 Å². The fourth-order valence-electron chi connectivity index (χ4n) is 2.37. The molecule has 156 valence electrons. The van der Waals surface area contributed by atoms with Crippen molar-refractivity contribution in [3.8, 4) is 11.6 Å². The maximum absolute atomic E-state index is 11.8. The van der Waals surface area contributed by atoms with Gasteiger partial charge in [-0.25, -0.2) is 4.79 Å². The fraction of sp³-hybridized carbons (Fsp3) is 0.368. The van der Waals surface area contributed by atoms with Gasteiger partial charge in [-0.2, -0.15) is 4.98 Å². The van der Waals surface area contributed by atoms with Crippen LogP contribution in [0.2, 0.25) is 0 Å². The third-order valence-electron chi connectivity index (χ3n) is 3.61. The number of nitro groups is 1. The summed E-state index contributed by atoms with van der Waals surface area (Å²) >= 11 is 0. The van der Waals surface area contributed by atoms with E-state index in [2.05, 4.69) is 15.6 Å². The maximum Gasteiger partial charge on any atom is 0.407 e. The van der Waals surface area contributed by atoms with Gasteiger partial charge in [0, 0.05) is 18.7 Å². The number of pyridine rings is 1. The number of carbonyl (C=O) groups excluding carboxylic acids is 1. The van der Waals surface area contributed by atoms with Gasteiger partial charge in [-0.15, -0.1) is 0 Å². The number of ether oxygens (including phenoxy) is 3. The molecule has 0 unspecified atom stereocenters. The number of aromatic nitrogens is 1. The largest absolute Gasteiger partial charge is 0.495 e. The molecule has 0 fully saturated rings. The number of nitrogens with one attached hydrogen (secondary N) is 2. The highest BCUT2D eigenvalue weighted by Gasteiger charge is 2.19. The molecule has 0 aliphatic carbocycles. The van der Waals surface area contributed by atoms with Crippen molar-refractivity contribution < 1.29 is 23.9 Å². The zero-order valence-electron chi connectivity index (χ0n) is 16.9. The van der Waals surface area contributed by atoms with Crippen LogP contribution in [-0.2, 0) is 11.3 Å². The van der Waals surface area contributed by atoms with Crippen LogP contribution in [0, 0.1) is 10.1 Å². The molecule has 1 aromatic heterocycles. The summed E-state index contributed by atoms with van der Waals surface area (Å²) in [6.45, 7) is 5.52. The van der Waals surface area contributed by atoms with Crippen molar-refractivity contribution >= 4 is 23.3 Å². The van der Waals surface area contributed by atoms with Gasteiger partial charge in [-0.05, 0) is 38.5 Å². The van der Waals surface area contributed by atoms with Crippen LogP contribution in [0.25, 0.3) is 0 Å². The molecule has 0 saturated heterocycles. The summed E-state index contributed by atoms with van der Waals surface area (Å²) in [4.78, 5) is 26.7. The Labute approximate surface area is 168 Å². The van der Waals surface area contributed by atoms with E-state index >= 15 is 0 Å². The zero-order chi connectivity index (χ0) is 21.6. The molecule has 0 spiro atoms. The molecule has 1 amide bonds. The van der Waals surface area contributed by atoms with E-state index in [-0.39, 0.29) is 23.9 Å². The second kappa shape index (κ2) is 9.09. The van der Waals surface area contributed by atoms with Gasteiger partial charge in [0.1, 0.15) is 11.4 Å². The number of hydrogen-bond donors (Lipinski definition) is 2. The number of carbonyl (C=O) groups is 1. The fourth-order valence-corrected chi connectivity index (χ4v) is 2.37. The predicted octanol–water partition coefficient (Wildman–Crippen LogP) is 3.78. The van der Waals surface area contributed by atoms with Gasteiger partial charge in [0.05, 0.1) is 24.8 Å². The van der Waals surface area contributed by atoms with Crippen LogP contribution < -0.4 is 20.1 Å². The van der Waals surface area contributed by atoms with Gasteiger partial charge in [0.15, 0.2) is 0 Å². The lowest BCUT2D eigenvalue weighted by atomic mass is 10.1. The van der Waals surface area contributed by atoms with E-state index in [1.807, 2.05) is 0 Å². The summed E-state index contributed by atoms with van der Waals surface area (Å²) < 4.78 is 15.6. The number of amides is 1. The highest BCUT2D eigenvalue weighted by atomic mass is 16.6. The van der Waals surface area contributed by atoms with Crippen molar-refractivity contribution in [1.82, 2.24) is 10.3 Å². The monoisotopic (exact) mass is 404 g/mol. The molecule has 10 heteroatoms. The molecule has 29 heavy (non-hydrogen) atoms. The average Bonchev–Trinajstić information content (AvgIpc) is 2.65. The van der Waals surface area contributed by atoms with E-state index in [0.29, 0.717) is 11.4 Å². The Balaban J connectivity index is 2.26. The minimum absolute atomic E-state index is 0.00454. The first-order valence-electron chi connectivity index (χ1n) is 8.73. The normalized spacial score (nSPS) is 10.8. The van der Waals surface area contributed by atoms with E-state index in [0.717, 1.165) is 5.56 Å². The lowest BCUT2D eigenvalue weighted by molar-refractivity contribution is -0.384. The molecule has 2 aromatic rings. The van der Waals surface area contributed by atoms with Crippen molar-refractivity contribution in [2.24, 2.45) is 0 Å². The van der Waals surface area contributed by atoms with Crippen LogP contribution in [-0.4, -0.2) is 35.8 Å². The molecule has 0 bridgehead atoms. The van der Waals surface area contributed by atoms with Crippen molar-refractivity contribution in [2.45, 2.75) is 32.9 Å². The van der Waals surface area contributed by atoms with Gasteiger partial charge in [-0.3, -0.25) is 10.1 Å². The molecule has 1 aromatic carbocycles. The van der Waals surface area contributed by atoms with E-state index in [4.69, 9.17) is 14.2 Å². The third-order valence-corrected chi connectivity index (χ3v) is 3.61. The molecular weight excluding hydrogens is 380 g/mol. The maximum atomic E-state index is 11.8. The topological polar surface area (TPSA) is 125 Å². The van der Waals surface area contributed by atoms with Crippen molar-refractivity contribution in [2.75, 3.05) is 19.5 Å². The van der Waals surface area contributed by atoms with Crippen molar-refractivity contribution in [3.05, 3.63) is 46.0 Å². The van der Waals surface area contributed by atoms with Crippen LogP contribution in [0.3, 0.4) is 0 Å². The molecule has 0 radical (unpaired) electrons. The molecule has 0 aliphatic heterocycles. The highest BCUT2D eigenvalue weighted by Crippen LogP contribution is 2.33. The van der Waals surface area contributed by atoms with Gasteiger partial charge in [0.25, 0.3) is 0 Å². The number of methoxy groups -OCH3 is 2. The van der Waals surface area contributed by atoms with Crippen molar-refractivity contribution in [1.29, 1.82) is 0 Å². The molecule has 1 heterocycles. The summed E-state index contributed by atoms with van der Waals surface area (Å²) in [6, 6.07) is 7.84. The van der Waals surface area contributed by atoms with Gasteiger partial charge in [0.2, 0.25) is 11.7 Å². The van der Waals surface area contributed by atoms with E-state index < -0.39 is 16.6 Å². The second-order valence-corrected chi connectivity index (χ2v) is 6.99. The third kappa shape index (κ3) is 6.23. The number of alkyl carbamates (subject to hydrolysis) is 1. The number of anilines is 2. The second-order valence-electron chi connectivity index (χ2n) is 6.99. The smallest absolute Gasteiger partial charge is 0.407 e. The van der Waals surface area contributed by atoms with Gasteiger partial charge in [-0.1, -0.05) is 6.07 Å². The number of rotatable bonds is 7. The lowest BCUT2D eigenvalue weighted by Gasteiger charge is -2.20. The Morgan fingerprint density at radius 3 is 2.48 bits per heavy atom. The first kappa shape index (κ1) is 21.7. The highest BCUT2D eigenvalue weighted by molar-refractivity contribution is 5.71. The summed E-state index contributed by atoms with van der Waals surface area (Å²) in [5.74, 6) is 0.676. The van der Waals surface area contributed by atoms with E-state index in [1.54, 1.807) is 39.0 Å². The van der Waals surface area contributed by atoms with Crippen LogP contribution in [0.15, 0.2) is 30.3 Å². The predicted molar refractivity (Wildman–Crippen MR) is 107 cm³/mol. The Hall–Kier alpha value is -3.56. The minimum Gasteiger partial charge on any atom is -0.495 e. The number of hydrogen-bond acceptors (Lipinski definition) is 8.